The quantitative estimate of drug-likeness (QED) is 0.791. The van der Waals surface area contributed by atoms with Crippen LogP contribution >= 0.6 is 11.6 Å². The van der Waals surface area contributed by atoms with E-state index in [1.54, 1.807) is 6.07 Å². The number of anilines is 2. The van der Waals surface area contributed by atoms with Gasteiger partial charge in [-0.2, -0.15) is 0 Å². The highest BCUT2D eigenvalue weighted by Crippen LogP contribution is 2.48. The van der Waals surface area contributed by atoms with Crippen molar-refractivity contribution >= 4 is 23.0 Å². The summed E-state index contributed by atoms with van der Waals surface area (Å²) in [5, 5.41) is 3.37. The van der Waals surface area contributed by atoms with Crippen molar-refractivity contribution in [2.24, 2.45) is 5.41 Å². The van der Waals surface area contributed by atoms with Crippen molar-refractivity contribution in [1.82, 2.24) is 0 Å². The van der Waals surface area contributed by atoms with Crippen LogP contribution in [0.25, 0.3) is 0 Å². The van der Waals surface area contributed by atoms with Gasteiger partial charge < -0.3 is 11.1 Å². The van der Waals surface area contributed by atoms with Crippen LogP contribution in [0.15, 0.2) is 12.1 Å². The van der Waals surface area contributed by atoms with E-state index in [0.717, 1.165) is 18.7 Å². The van der Waals surface area contributed by atoms with Crippen LogP contribution in [0, 0.1) is 11.2 Å². The largest absolute Gasteiger partial charge is 0.397 e. The van der Waals surface area contributed by atoms with E-state index in [2.05, 4.69) is 12.2 Å². The molecule has 1 aliphatic rings. The molecule has 1 aromatic carbocycles. The Morgan fingerprint density at radius 2 is 2.19 bits per heavy atom. The Hall–Kier alpha value is -0.960. The van der Waals surface area contributed by atoms with E-state index in [0.29, 0.717) is 11.1 Å². The second kappa shape index (κ2) is 4.13. The molecule has 0 aromatic heterocycles. The molecule has 0 atom stereocenters. The van der Waals surface area contributed by atoms with Gasteiger partial charge in [-0.05, 0) is 30.7 Å². The van der Waals surface area contributed by atoms with Gasteiger partial charge in [-0.25, -0.2) is 4.39 Å². The van der Waals surface area contributed by atoms with Gasteiger partial charge in [0.1, 0.15) is 5.82 Å². The van der Waals surface area contributed by atoms with Crippen molar-refractivity contribution in [2.45, 2.75) is 26.2 Å². The minimum Gasteiger partial charge on any atom is -0.397 e. The summed E-state index contributed by atoms with van der Waals surface area (Å²) in [6.45, 7) is 3.07. The minimum atomic E-state index is -0.471. The summed E-state index contributed by atoms with van der Waals surface area (Å²) in [6.07, 6.45) is 3.67. The molecule has 0 heterocycles. The number of nitrogen functional groups attached to an aromatic ring is 1. The lowest BCUT2D eigenvalue weighted by Gasteiger charge is -2.16. The maximum absolute atomic E-state index is 13.1. The Kier molecular flexibility index (Phi) is 2.98. The van der Waals surface area contributed by atoms with Crippen LogP contribution in [-0.2, 0) is 0 Å². The second-order valence-corrected chi connectivity index (χ2v) is 4.97. The van der Waals surface area contributed by atoms with Crippen molar-refractivity contribution in [3.05, 3.63) is 23.0 Å². The molecule has 0 unspecified atom stereocenters. The van der Waals surface area contributed by atoms with Crippen LogP contribution in [0.1, 0.15) is 26.2 Å². The molecule has 0 radical (unpaired) electrons. The van der Waals surface area contributed by atoms with Gasteiger partial charge >= 0.3 is 0 Å². The van der Waals surface area contributed by atoms with Crippen LogP contribution in [0.3, 0.4) is 0 Å². The predicted molar refractivity (Wildman–Crippen MR) is 66.3 cm³/mol. The Morgan fingerprint density at radius 1 is 1.50 bits per heavy atom. The molecule has 0 amide bonds. The molecule has 2 rings (SSSR count). The van der Waals surface area contributed by atoms with Gasteiger partial charge in [0.05, 0.1) is 16.4 Å². The summed E-state index contributed by atoms with van der Waals surface area (Å²) in [4.78, 5) is 0. The zero-order chi connectivity index (χ0) is 11.8. The Labute approximate surface area is 100.0 Å². The van der Waals surface area contributed by atoms with Crippen molar-refractivity contribution in [3.63, 3.8) is 0 Å². The van der Waals surface area contributed by atoms with E-state index >= 15 is 0 Å². The number of halogens is 2. The third-order valence-electron chi connectivity index (χ3n) is 3.45. The van der Waals surface area contributed by atoms with Gasteiger partial charge in [0.25, 0.3) is 0 Å². The molecule has 16 heavy (non-hydrogen) atoms. The van der Waals surface area contributed by atoms with Crippen LogP contribution in [-0.4, -0.2) is 6.54 Å². The number of rotatable bonds is 4. The maximum Gasteiger partial charge on any atom is 0.143 e. The lowest BCUT2D eigenvalue weighted by Crippen LogP contribution is -2.15. The first-order chi connectivity index (χ1) is 7.56. The van der Waals surface area contributed by atoms with E-state index < -0.39 is 5.82 Å². The molecule has 4 heteroatoms. The summed E-state index contributed by atoms with van der Waals surface area (Å²) in [5.74, 6) is -0.471. The second-order valence-electron chi connectivity index (χ2n) is 4.56. The number of nitrogens with two attached hydrogens (primary N) is 1. The highest BCUT2D eigenvalue weighted by Gasteiger charge is 2.40. The SMILES string of the molecule is CCC1(CNc2cc(Cl)c(F)cc2N)CC1. The molecular formula is C12H16ClFN2. The van der Waals surface area contributed by atoms with Crippen LogP contribution in [0.5, 0.6) is 0 Å². The van der Waals surface area contributed by atoms with Gasteiger partial charge in [0, 0.05) is 12.6 Å². The highest BCUT2D eigenvalue weighted by atomic mass is 35.5. The van der Waals surface area contributed by atoms with Crippen molar-refractivity contribution in [2.75, 3.05) is 17.6 Å². The van der Waals surface area contributed by atoms with Gasteiger partial charge in [-0.15, -0.1) is 0 Å². The number of hydrogen-bond acceptors (Lipinski definition) is 2. The zero-order valence-corrected chi connectivity index (χ0v) is 10.1. The van der Waals surface area contributed by atoms with Gasteiger partial charge in [-0.1, -0.05) is 18.5 Å². The smallest absolute Gasteiger partial charge is 0.143 e. The summed E-state index contributed by atoms with van der Waals surface area (Å²) >= 11 is 5.71. The fourth-order valence-electron chi connectivity index (χ4n) is 1.83. The molecule has 1 saturated carbocycles. The highest BCUT2D eigenvalue weighted by molar-refractivity contribution is 6.31. The fourth-order valence-corrected chi connectivity index (χ4v) is 1.99. The summed E-state index contributed by atoms with van der Waals surface area (Å²) in [6, 6.07) is 2.81. The Balaban J connectivity index is 2.07. The minimum absolute atomic E-state index is 0.109. The third kappa shape index (κ3) is 2.24. The molecule has 88 valence electrons. The molecule has 2 nitrogen and oxygen atoms in total. The first-order valence-corrected chi connectivity index (χ1v) is 5.92. The topological polar surface area (TPSA) is 38.0 Å². The molecule has 1 fully saturated rings. The molecule has 1 aromatic rings. The number of hydrogen-bond donors (Lipinski definition) is 2. The number of nitrogens with one attached hydrogen (secondary N) is 1. The first kappa shape index (κ1) is 11.5. The first-order valence-electron chi connectivity index (χ1n) is 5.55. The Bertz CT molecular complexity index is 402. The monoisotopic (exact) mass is 242 g/mol. The summed E-state index contributed by atoms with van der Waals surface area (Å²) < 4.78 is 13.1. The average molecular weight is 243 g/mol. The van der Waals surface area contributed by atoms with Crippen molar-refractivity contribution < 1.29 is 4.39 Å². The molecule has 0 spiro atoms. The summed E-state index contributed by atoms with van der Waals surface area (Å²) in [5.41, 5.74) is 7.28. The lowest BCUT2D eigenvalue weighted by atomic mass is 10.0. The molecule has 0 saturated heterocycles. The van der Waals surface area contributed by atoms with E-state index in [1.807, 2.05) is 0 Å². The van der Waals surface area contributed by atoms with E-state index in [4.69, 9.17) is 17.3 Å². The van der Waals surface area contributed by atoms with E-state index in [-0.39, 0.29) is 5.02 Å². The Morgan fingerprint density at radius 3 is 2.75 bits per heavy atom. The van der Waals surface area contributed by atoms with Crippen LogP contribution in [0.4, 0.5) is 15.8 Å². The summed E-state index contributed by atoms with van der Waals surface area (Å²) in [7, 11) is 0. The molecular weight excluding hydrogens is 227 g/mol. The molecule has 0 bridgehead atoms. The van der Waals surface area contributed by atoms with E-state index in [1.165, 1.54) is 18.9 Å². The van der Waals surface area contributed by atoms with Gasteiger partial charge in [0.2, 0.25) is 0 Å². The molecule has 0 aliphatic heterocycles. The lowest BCUT2D eigenvalue weighted by molar-refractivity contribution is 0.521. The van der Waals surface area contributed by atoms with Crippen molar-refractivity contribution in [1.29, 1.82) is 0 Å². The van der Waals surface area contributed by atoms with Gasteiger partial charge in [0.15, 0.2) is 0 Å². The maximum atomic E-state index is 13.1. The normalized spacial score (nSPS) is 17.2. The zero-order valence-electron chi connectivity index (χ0n) is 9.32. The van der Waals surface area contributed by atoms with E-state index in [9.17, 15) is 4.39 Å². The average Bonchev–Trinajstić information content (AvgIpc) is 3.02. The third-order valence-corrected chi connectivity index (χ3v) is 3.74. The molecule has 1 aliphatic carbocycles. The molecule has 3 N–H and O–H groups in total. The van der Waals surface area contributed by atoms with Crippen molar-refractivity contribution in [3.8, 4) is 0 Å². The van der Waals surface area contributed by atoms with Crippen LogP contribution < -0.4 is 11.1 Å². The van der Waals surface area contributed by atoms with Gasteiger partial charge in [-0.3, -0.25) is 0 Å². The standard InChI is InChI=1S/C12H16ClFN2/c1-2-12(3-4-12)7-16-11-5-8(13)9(14)6-10(11)15/h5-6,16H,2-4,7,15H2,1H3. The number of benzene rings is 1. The predicted octanol–water partition coefficient (Wildman–Crippen LogP) is 3.66. The van der Waals surface area contributed by atoms with Crippen LogP contribution in [0.2, 0.25) is 5.02 Å². The fraction of sp³-hybridized carbons (Fsp3) is 0.500.